The van der Waals surface area contributed by atoms with Crippen LogP contribution in [0.25, 0.3) is 0 Å². The quantitative estimate of drug-likeness (QED) is 0.479. The van der Waals surface area contributed by atoms with E-state index in [1.807, 2.05) is 0 Å². The zero-order valence-electron chi connectivity index (χ0n) is 10.9. The Morgan fingerprint density at radius 1 is 1.29 bits per heavy atom. The topological polar surface area (TPSA) is 52.6 Å². The molecule has 2 aromatic carbocycles. The van der Waals surface area contributed by atoms with Crippen molar-refractivity contribution in [1.29, 1.82) is 0 Å². The van der Waals surface area contributed by atoms with Crippen LogP contribution in [-0.2, 0) is 0 Å². The summed E-state index contributed by atoms with van der Waals surface area (Å²) in [6.07, 6.45) is 0.635. The maximum atomic E-state index is 13.6. The van der Waals surface area contributed by atoms with Gasteiger partial charge in [-0.15, -0.1) is 0 Å². The highest BCUT2D eigenvalue weighted by Gasteiger charge is 2.19. The number of hydrogen-bond acceptors (Lipinski definition) is 4. The molecule has 0 aliphatic rings. The summed E-state index contributed by atoms with van der Waals surface area (Å²) in [5.41, 5.74) is 0.162. The smallest absolute Gasteiger partial charge is 0.346 e. The minimum absolute atomic E-state index is 0.0800. The van der Waals surface area contributed by atoms with E-state index in [-0.39, 0.29) is 17.1 Å². The highest BCUT2D eigenvalue weighted by Crippen LogP contribution is 2.36. The molecule has 0 unspecified atom stereocenters. The van der Waals surface area contributed by atoms with Gasteiger partial charge in [-0.05, 0) is 40.2 Å². The monoisotopic (exact) mass is 352 g/mol. The van der Waals surface area contributed by atoms with Gasteiger partial charge in [0.1, 0.15) is 12.1 Å². The summed E-state index contributed by atoms with van der Waals surface area (Å²) >= 11 is 3.19. The first kappa shape index (κ1) is 15.2. The summed E-state index contributed by atoms with van der Waals surface area (Å²) < 4.78 is 24.2. The van der Waals surface area contributed by atoms with Gasteiger partial charge in [-0.2, -0.15) is 0 Å². The van der Waals surface area contributed by atoms with Crippen LogP contribution in [0.5, 0.6) is 11.5 Å². The van der Waals surface area contributed by atoms with Crippen molar-refractivity contribution in [3.8, 4) is 11.5 Å². The van der Waals surface area contributed by atoms with Crippen LogP contribution in [-0.4, -0.2) is 19.4 Å². The molecule has 0 atom stereocenters. The summed E-state index contributed by atoms with van der Waals surface area (Å²) in [5.74, 6) is -1.26. The first-order valence-corrected chi connectivity index (χ1v) is 6.65. The lowest BCUT2D eigenvalue weighted by Crippen LogP contribution is -2.11. The van der Waals surface area contributed by atoms with E-state index in [0.29, 0.717) is 16.3 Å². The number of benzene rings is 2. The summed E-state index contributed by atoms with van der Waals surface area (Å²) in [6.45, 7) is 0. The maximum absolute atomic E-state index is 13.6. The van der Waals surface area contributed by atoms with Crippen LogP contribution < -0.4 is 9.47 Å². The molecular formula is C15H10BrFO4. The van der Waals surface area contributed by atoms with E-state index in [1.165, 1.54) is 43.5 Å². The summed E-state index contributed by atoms with van der Waals surface area (Å²) in [5, 5.41) is 0. The average Bonchev–Trinajstić information content (AvgIpc) is 2.49. The highest BCUT2D eigenvalue weighted by molar-refractivity contribution is 9.10. The Bertz CT molecular complexity index is 700. The van der Waals surface area contributed by atoms with Gasteiger partial charge in [-0.3, -0.25) is 4.79 Å². The lowest BCUT2D eigenvalue weighted by atomic mass is 10.2. The van der Waals surface area contributed by atoms with Crippen molar-refractivity contribution in [2.24, 2.45) is 0 Å². The zero-order chi connectivity index (χ0) is 15.4. The third kappa shape index (κ3) is 3.28. The Labute approximate surface area is 128 Å². The zero-order valence-corrected chi connectivity index (χ0v) is 12.5. The molecule has 4 nitrogen and oxygen atoms in total. The first-order valence-electron chi connectivity index (χ1n) is 5.86. The molecule has 0 saturated carbocycles. The number of halogens is 2. The fourth-order valence-electron chi connectivity index (χ4n) is 1.68. The standard InChI is InChI=1S/C15H10BrFO4/c1-20-13-7-9(8-18)6-11(16)14(13)21-15(19)10-4-2-3-5-12(10)17/h2-8H,1H3. The lowest BCUT2D eigenvalue weighted by molar-refractivity contribution is 0.0723. The molecule has 0 aliphatic heterocycles. The van der Waals surface area contributed by atoms with Crippen molar-refractivity contribution in [3.63, 3.8) is 0 Å². The first-order chi connectivity index (χ1) is 10.1. The van der Waals surface area contributed by atoms with Crippen LogP contribution >= 0.6 is 15.9 Å². The number of carbonyl (C=O) groups excluding carboxylic acids is 2. The Morgan fingerprint density at radius 2 is 2.00 bits per heavy atom. The third-order valence-corrected chi connectivity index (χ3v) is 3.27. The average molecular weight is 353 g/mol. The van der Waals surface area contributed by atoms with Gasteiger partial charge in [0, 0.05) is 5.56 Å². The molecule has 21 heavy (non-hydrogen) atoms. The fourth-order valence-corrected chi connectivity index (χ4v) is 2.22. The van der Waals surface area contributed by atoms with Gasteiger partial charge in [0.25, 0.3) is 0 Å². The third-order valence-electron chi connectivity index (χ3n) is 2.68. The van der Waals surface area contributed by atoms with E-state index in [4.69, 9.17) is 9.47 Å². The molecule has 2 rings (SSSR count). The Hall–Kier alpha value is -2.21. The van der Waals surface area contributed by atoms with E-state index >= 15 is 0 Å². The number of ether oxygens (including phenoxy) is 2. The summed E-state index contributed by atoms with van der Waals surface area (Å²) in [7, 11) is 1.37. The van der Waals surface area contributed by atoms with E-state index in [9.17, 15) is 14.0 Å². The molecule has 108 valence electrons. The molecule has 0 radical (unpaired) electrons. The van der Waals surface area contributed by atoms with Gasteiger partial charge in [0.05, 0.1) is 17.1 Å². The lowest BCUT2D eigenvalue weighted by Gasteiger charge is -2.12. The molecule has 0 aromatic heterocycles. The Balaban J connectivity index is 2.38. The van der Waals surface area contributed by atoms with Gasteiger partial charge >= 0.3 is 5.97 Å². The molecule has 0 spiro atoms. The Morgan fingerprint density at radius 3 is 2.62 bits per heavy atom. The summed E-state index contributed by atoms with van der Waals surface area (Å²) in [6, 6.07) is 8.38. The number of aldehydes is 1. The van der Waals surface area contributed by atoms with Crippen molar-refractivity contribution in [3.05, 3.63) is 57.8 Å². The van der Waals surface area contributed by atoms with Crippen LogP contribution in [0.1, 0.15) is 20.7 Å². The van der Waals surface area contributed by atoms with Crippen LogP contribution in [0.4, 0.5) is 4.39 Å². The van der Waals surface area contributed by atoms with Crippen LogP contribution in [0.2, 0.25) is 0 Å². The molecule has 0 bridgehead atoms. The van der Waals surface area contributed by atoms with Crippen LogP contribution in [0.15, 0.2) is 40.9 Å². The van der Waals surface area contributed by atoms with Crippen molar-refractivity contribution in [2.75, 3.05) is 7.11 Å². The second-order valence-corrected chi connectivity index (χ2v) is 4.88. The van der Waals surface area contributed by atoms with Gasteiger partial charge < -0.3 is 9.47 Å². The molecule has 0 amide bonds. The van der Waals surface area contributed by atoms with E-state index in [0.717, 1.165) is 0 Å². The number of hydrogen-bond donors (Lipinski definition) is 0. The predicted octanol–water partition coefficient (Wildman–Crippen LogP) is 3.63. The van der Waals surface area contributed by atoms with Crippen molar-refractivity contribution in [2.45, 2.75) is 0 Å². The fraction of sp³-hybridized carbons (Fsp3) is 0.0667. The van der Waals surface area contributed by atoms with Gasteiger partial charge in [0.15, 0.2) is 11.5 Å². The van der Waals surface area contributed by atoms with E-state index in [2.05, 4.69) is 15.9 Å². The van der Waals surface area contributed by atoms with E-state index in [1.54, 1.807) is 0 Å². The SMILES string of the molecule is COc1cc(C=O)cc(Br)c1OC(=O)c1ccccc1F. The summed E-state index contributed by atoms with van der Waals surface area (Å²) in [4.78, 5) is 22.8. The molecule has 0 aliphatic carbocycles. The molecule has 2 aromatic rings. The van der Waals surface area contributed by atoms with Crippen LogP contribution in [0.3, 0.4) is 0 Å². The normalized spacial score (nSPS) is 10.0. The number of rotatable bonds is 4. The highest BCUT2D eigenvalue weighted by atomic mass is 79.9. The molecule has 6 heteroatoms. The largest absolute Gasteiger partial charge is 0.493 e. The van der Waals surface area contributed by atoms with Crippen molar-refractivity contribution < 1.29 is 23.5 Å². The molecular weight excluding hydrogens is 343 g/mol. The van der Waals surface area contributed by atoms with Gasteiger partial charge in [-0.1, -0.05) is 12.1 Å². The van der Waals surface area contributed by atoms with Crippen molar-refractivity contribution >= 4 is 28.2 Å². The van der Waals surface area contributed by atoms with E-state index < -0.39 is 11.8 Å². The minimum Gasteiger partial charge on any atom is -0.493 e. The number of carbonyl (C=O) groups is 2. The van der Waals surface area contributed by atoms with Gasteiger partial charge in [-0.25, -0.2) is 9.18 Å². The van der Waals surface area contributed by atoms with Crippen molar-refractivity contribution in [1.82, 2.24) is 0 Å². The second-order valence-electron chi connectivity index (χ2n) is 4.02. The number of esters is 1. The number of methoxy groups -OCH3 is 1. The second kappa shape index (κ2) is 6.49. The molecule has 0 saturated heterocycles. The maximum Gasteiger partial charge on any atom is 0.346 e. The molecule has 0 N–H and O–H groups in total. The van der Waals surface area contributed by atoms with Crippen LogP contribution in [0, 0.1) is 5.82 Å². The molecule has 0 heterocycles. The molecule has 0 fully saturated rings. The Kier molecular flexibility index (Phi) is 4.70. The van der Waals surface area contributed by atoms with Gasteiger partial charge in [0.2, 0.25) is 0 Å². The minimum atomic E-state index is -0.856. The predicted molar refractivity (Wildman–Crippen MR) is 77.4 cm³/mol.